The lowest BCUT2D eigenvalue weighted by Gasteiger charge is -2.23. The average Bonchev–Trinajstić information content (AvgIpc) is 2.40. The molecule has 1 aromatic carbocycles. The quantitative estimate of drug-likeness (QED) is 0.687. The fraction of sp³-hybridized carbons (Fsp3) is 0.154. The number of hydrogen-bond donors (Lipinski definition) is 1. The van der Waals surface area contributed by atoms with Crippen LogP contribution < -0.4 is 10.6 Å². The largest absolute Gasteiger partial charge is 0.368 e. The van der Waals surface area contributed by atoms with E-state index in [2.05, 4.69) is 9.97 Å². The Bertz CT molecular complexity index is 589. The number of halogens is 1. The molecule has 98 valence electrons. The van der Waals surface area contributed by atoms with Crippen molar-refractivity contribution in [1.82, 2.24) is 9.97 Å². The Labute approximate surface area is 116 Å². The van der Waals surface area contributed by atoms with Crippen LogP contribution in [0.3, 0.4) is 0 Å². The number of anilines is 3. The third kappa shape index (κ3) is 2.66. The molecule has 0 aliphatic carbocycles. The van der Waals surface area contributed by atoms with Crippen LogP contribution in [0.1, 0.15) is 17.3 Å². The van der Waals surface area contributed by atoms with Crippen molar-refractivity contribution in [1.29, 1.82) is 0 Å². The number of benzene rings is 1. The molecule has 5 nitrogen and oxygen atoms in total. The molecule has 0 fully saturated rings. The van der Waals surface area contributed by atoms with E-state index in [-0.39, 0.29) is 16.7 Å². The van der Waals surface area contributed by atoms with E-state index in [4.69, 9.17) is 17.3 Å². The van der Waals surface area contributed by atoms with E-state index >= 15 is 0 Å². The number of rotatable bonds is 4. The second kappa shape index (κ2) is 5.67. The summed E-state index contributed by atoms with van der Waals surface area (Å²) in [4.78, 5) is 21.0. The van der Waals surface area contributed by atoms with Crippen molar-refractivity contribution in [3.05, 3.63) is 41.0 Å². The Morgan fingerprint density at radius 2 is 2.00 bits per heavy atom. The molecule has 0 amide bonds. The van der Waals surface area contributed by atoms with Crippen LogP contribution >= 0.6 is 11.6 Å². The van der Waals surface area contributed by atoms with Crippen molar-refractivity contribution >= 4 is 35.3 Å². The second-order valence-corrected chi connectivity index (χ2v) is 4.17. The molecule has 0 aliphatic rings. The van der Waals surface area contributed by atoms with Crippen LogP contribution in [0.4, 0.5) is 17.5 Å². The number of nitrogens with zero attached hydrogens (tertiary/aromatic N) is 3. The zero-order valence-corrected chi connectivity index (χ0v) is 11.1. The minimum Gasteiger partial charge on any atom is -0.368 e. The minimum atomic E-state index is 0.0416. The minimum absolute atomic E-state index is 0.0416. The first-order valence-corrected chi connectivity index (χ1v) is 6.16. The monoisotopic (exact) mass is 276 g/mol. The summed E-state index contributed by atoms with van der Waals surface area (Å²) in [6, 6.07) is 9.57. The van der Waals surface area contributed by atoms with E-state index in [0.29, 0.717) is 18.6 Å². The molecule has 0 saturated heterocycles. The van der Waals surface area contributed by atoms with Gasteiger partial charge in [0, 0.05) is 12.2 Å². The molecule has 0 atom stereocenters. The molecule has 0 saturated carbocycles. The summed E-state index contributed by atoms with van der Waals surface area (Å²) in [7, 11) is 0. The lowest BCUT2D eigenvalue weighted by molar-refractivity contribution is 0.112. The Balaban J connectivity index is 2.58. The summed E-state index contributed by atoms with van der Waals surface area (Å²) in [5.74, 6) is 0.459. The van der Waals surface area contributed by atoms with Crippen LogP contribution in [-0.4, -0.2) is 22.8 Å². The first-order chi connectivity index (χ1) is 9.17. The van der Waals surface area contributed by atoms with Crippen LogP contribution in [0.2, 0.25) is 5.15 Å². The summed E-state index contributed by atoms with van der Waals surface area (Å²) < 4.78 is 0. The standard InChI is InChI=1S/C13H13ClN4O/c1-2-18(9-6-4-3-5-7-9)12-10(8-19)11(14)16-13(15)17-12/h3-8H,2H2,1H3,(H2,15,16,17). The maximum Gasteiger partial charge on any atom is 0.223 e. The summed E-state index contributed by atoms with van der Waals surface area (Å²) in [5.41, 5.74) is 6.75. The SMILES string of the molecule is CCN(c1ccccc1)c1nc(N)nc(Cl)c1C=O. The molecule has 0 unspecified atom stereocenters. The van der Waals surface area contributed by atoms with Gasteiger partial charge < -0.3 is 10.6 Å². The van der Waals surface area contributed by atoms with Crippen molar-refractivity contribution in [2.45, 2.75) is 6.92 Å². The zero-order chi connectivity index (χ0) is 13.8. The van der Waals surface area contributed by atoms with Gasteiger partial charge in [0.05, 0.1) is 5.56 Å². The first-order valence-electron chi connectivity index (χ1n) is 5.78. The van der Waals surface area contributed by atoms with Gasteiger partial charge in [-0.15, -0.1) is 0 Å². The van der Waals surface area contributed by atoms with Crippen molar-refractivity contribution in [2.75, 3.05) is 17.2 Å². The number of hydrogen-bond acceptors (Lipinski definition) is 5. The fourth-order valence-corrected chi connectivity index (χ4v) is 2.03. The Kier molecular flexibility index (Phi) is 3.97. The van der Waals surface area contributed by atoms with Gasteiger partial charge in [0.2, 0.25) is 5.95 Å². The highest BCUT2D eigenvalue weighted by Gasteiger charge is 2.17. The van der Waals surface area contributed by atoms with E-state index in [9.17, 15) is 4.79 Å². The highest BCUT2D eigenvalue weighted by Crippen LogP contribution is 2.29. The van der Waals surface area contributed by atoms with Crippen LogP contribution in [-0.2, 0) is 0 Å². The van der Waals surface area contributed by atoms with Crippen LogP contribution in [0, 0.1) is 0 Å². The predicted molar refractivity (Wildman–Crippen MR) is 76.0 cm³/mol. The molecule has 6 heteroatoms. The van der Waals surface area contributed by atoms with E-state index < -0.39 is 0 Å². The number of carbonyl (C=O) groups is 1. The lowest BCUT2D eigenvalue weighted by Crippen LogP contribution is -2.20. The molecular weight excluding hydrogens is 264 g/mol. The summed E-state index contributed by atoms with van der Waals surface area (Å²) in [6.45, 7) is 2.57. The van der Waals surface area contributed by atoms with Gasteiger partial charge in [0.15, 0.2) is 12.1 Å². The Morgan fingerprint density at radius 3 is 2.58 bits per heavy atom. The maximum absolute atomic E-state index is 11.2. The van der Waals surface area contributed by atoms with Crippen molar-refractivity contribution < 1.29 is 4.79 Å². The fourth-order valence-electron chi connectivity index (χ4n) is 1.82. The van der Waals surface area contributed by atoms with Gasteiger partial charge in [-0.3, -0.25) is 4.79 Å². The van der Waals surface area contributed by atoms with E-state index in [0.717, 1.165) is 5.69 Å². The van der Waals surface area contributed by atoms with Gasteiger partial charge in [-0.2, -0.15) is 4.98 Å². The van der Waals surface area contributed by atoms with E-state index in [1.807, 2.05) is 42.2 Å². The van der Waals surface area contributed by atoms with Gasteiger partial charge in [-0.1, -0.05) is 29.8 Å². The third-order valence-electron chi connectivity index (χ3n) is 2.65. The molecule has 1 aromatic heterocycles. The highest BCUT2D eigenvalue weighted by atomic mass is 35.5. The van der Waals surface area contributed by atoms with Crippen molar-refractivity contribution in [2.24, 2.45) is 0 Å². The molecule has 0 spiro atoms. The molecule has 2 rings (SSSR count). The number of nitrogens with two attached hydrogens (primary N) is 1. The first kappa shape index (κ1) is 13.3. The van der Waals surface area contributed by atoms with Gasteiger partial charge in [-0.25, -0.2) is 4.98 Å². The molecular formula is C13H13ClN4O. The van der Waals surface area contributed by atoms with Crippen LogP contribution in [0.5, 0.6) is 0 Å². The molecule has 0 radical (unpaired) electrons. The Hall–Kier alpha value is -2.14. The molecule has 1 heterocycles. The predicted octanol–water partition coefficient (Wildman–Crippen LogP) is 2.68. The van der Waals surface area contributed by atoms with Crippen molar-refractivity contribution in [3.8, 4) is 0 Å². The molecule has 2 N–H and O–H groups in total. The summed E-state index contributed by atoms with van der Waals surface area (Å²) in [5, 5.41) is 0.0619. The molecule has 0 bridgehead atoms. The van der Waals surface area contributed by atoms with Gasteiger partial charge in [0.25, 0.3) is 0 Å². The maximum atomic E-state index is 11.2. The topological polar surface area (TPSA) is 72.1 Å². The normalized spacial score (nSPS) is 10.2. The Morgan fingerprint density at radius 1 is 1.32 bits per heavy atom. The highest BCUT2D eigenvalue weighted by molar-refractivity contribution is 6.32. The van der Waals surface area contributed by atoms with Gasteiger partial charge in [-0.05, 0) is 19.1 Å². The zero-order valence-electron chi connectivity index (χ0n) is 10.4. The number of para-hydroxylation sites is 1. The average molecular weight is 277 g/mol. The van der Waals surface area contributed by atoms with E-state index in [1.165, 1.54) is 0 Å². The summed E-state index contributed by atoms with van der Waals surface area (Å²) >= 11 is 5.93. The smallest absolute Gasteiger partial charge is 0.223 e. The number of aromatic nitrogens is 2. The number of nitrogen functional groups attached to an aromatic ring is 1. The van der Waals surface area contributed by atoms with Gasteiger partial charge >= 0.3 is 0 Å². The van der Waals surface area contributed by atoms with Gasteiger partial charge in [0.1, 0.15) is 5.15 Å². The molecule has 19 heavy (non-hydrogen) atoms. The second-order valence-electron chi connectivity index (χ2n) is 3.81. The van der Waals surface area contributed by atoms with E-state index in [1.54, 1.807) is 0 Å². The molecule has 0 aliphatic heterocycles. The number of carbonyl (C=O) groups excluding carboxylic acids is 1. The van der Waals surface area contributed by atoms with Crippen LogP contribution in [0.15, 0.2) is 30.3 Å². The third-order valence-corrected chi connectivity index (χ3v) is 2.94. The molecule has 2 aromatic rings. The van der Waals surface area contributed by atoms with Crippen molar-refractivity contribution in [3.63, 3.8) is 0 Å². The lowest BCUT2D eigenvalue weighted by atomic mass is 10.2. The summed E-state index contributed by atoms with van der Waals surface area (Å²) in [6.07, 6.45) is 0.642. The number of aldehydes is 1. The van der Waals surface area contributed by atoms with Crippen LogP contribution in [0.25, 0.3) is 0 Å².